The largest absolute Gasteiger partial charge is 0.480 e. The smallest absolute Gasteiger partial charge is 0.326 e. The third kappa shape index (κ3) is 8.62. The van der Waals surface area contributed by atoms with Gasteiger partial charge < -0.3 is 21.1 Å². The van der Waals surface area contributed by atoms with Crippen LogP contribution in [0.3, 0.4) is 0 Å². The first kappa shape index (κ1) is 29.8. The summed E-state index contributed by atoms with van der Waals surface area (Å²) in [5, 5.41) is 11.8. The first-order chi connectivity index (χ1) is 18.5. The Morgan fingerprint density at radius 1 is 1.00 bits per heavy atom. The van der Waals surface area contributed by atoms with E-state index in [2.05, 4.69) is 10.0 Å². The Kier molecular flexibility index (Phi) is 10.2. The number of rotatable bonds is 12. The van der Waals surface area contributed by atoms with Crippen LogP contribution in [0.4, 0.5) is 0 Å². The summed E-state index contributed by atoms with van der Waals surface area (Å²) < 4.78 is 28.8. The summed E-state index contributed by atoms with van der Waals surface area (Å²) in [5.74, 6) is -3.33. The van der Waals surface area contributed by atoms with Crippen LogP contribution in [0.25, 0.3) is 0 Å². The van der Waals surface area contributed by atoms with Gasteiger partial charge in [-0.05, 0) is 50.3 Å². The predicted octanol–water partition coefficient (Wildman–Crippen LogP) is 0.958. The molecule has 1 fully saturated rings. The van der Waals surface area contributed by atoms with E-state index >= 15 is 0 Å². The number of aliphatic carboxylic acids is 1. The number of benzene rings is 2. The number of hydrogen-bond donors (Lipinski definition) is 4. The van der Waals surface area contributed by atoms with E-state index in [0.29, 0.717) is 0 Å². The number of sulfonamides is 1. The van der Waals surface area contributed by atoms with Crippen LogP contribution in [0.2, 0.25) is 0 Å². The van der Waals surface area contributed by atoms with E-state index < -0.39 is 51.7 Å². The molecule has 1 heterocycles. The highest BCUT2D eigenvalue weighted by molar-refractivity contribution is 7.89. The maximum Gasteiger partial charge on any atom is 0.326 e. The molecular formula is C27H34N4O7S. The Bertz CT molecular complexity index is 1270. The average Bonchev–Trinajstić information content (AvgIpc) is 2.90. The lowest BCUT2D eigenvalue weighted by atomic mass is 9.94. The lowest BCUT2D eigenvalue weighted by Crippen LogP contribution is -2.53. The maximum absolute atomic E-state index is 13.5. The molecule has 1 aliphatic rings. The number of nitrogens with one attached hydrogen (secondary N) is 2. The zero-order chi connectivity index (χ0) is 28.6. The van der Waals surface area contributed by atoms with Crippen LogP contribution >= 0.6 is 0 Å². The van der Waals surface area contributed by atoms with Crippen molar-refractivity contribution in [3.63, 3.8) is 0 Å². The Hall–Kier alpha value is -3.77. The third-order valence-corrected chi connectivity index (χ3v) is 8.17. The van der Waals surface area contributed by atoms with Gasteiger partial charge in [0, 0.05) is 25.4 Å². The second kappa shape index (κ2) is 13.3. The first-order valence-electron chi connectivity index (χ1n) is 12.7. The van der Waals surface area contributed by atoms with Crippen molar-refractivity contribution in [3.8, 4) is 0 Å². The molecule has 1 aliphatic heterocycles. The van der Waals surface area contributed by atoms with Gasteiger partial charge in [0.25, 0.3) is 0 Å². The quantitative estimate of drug-likeness (QED) is 0.300. The van der Waals surface area contributed by atoms with E-state index in [9.17, 15) is 32.7 Å². The van der Waals surface area contributed by atoms with E-state index in [-0.39, 0.29) is 50.1 Å². The van der Waals surface area contributed by atoms with E-state index in [1.807, 2.05) is 37.3 Å². The number of carboxylic acids is 1. The number of primary amides is 1. The number of aryl methyl sites for hydroxylation is 1. The Balaban J connectivity index is 1.68. The van der Waals surface area contributed by atoms with E-state index in [1.54, 1.807) is 12.1 Å². The SMILES string of the molecule is Cc1ccc(S(=O)(=O)N[C@@H](Cc2ccccc2)C(=O)N2CCC(C(=O)N[C@@H](CCC(N)=O)C(=O)O)CC2)cc1. The molecule has 39 heavy (non-hydrogen) atoms. The second-order valence-corrected chi connectivity index (χ2v) is 11.4. The lowest BCUT2D eigenvalue weighted by molar-refractivity contribution is -0.143. The normalized spacial score (nSPS) is 15.8. The first-order valence-corrected chi connectivity index (χ1v) is 14.2. The van der Waals surface area contributed by atoms with Gasteiger partial charge in [-0.3, -0.25) is 14.4 Å². The molecule has 2 atom stereocenters. The molecule has 2 aromatic rings. The number of carbonyl (C=O) groups excluding carboxylic acids is 3. The van der Waals surface area contributed by atoms with Crippen LogP contribution in [0.15, 0.2) is 59.5 Å². The third-order valence-electron chi connectivity index (χ3n) is 6.68. The minimum atomic E-state index is -3.99. The second-order valence-electron chi connectivity index (χ2n) is 9.68. The van der Waals surface area contributed by atoms with Gasteiger partial charge in [-0.1, -0.05) is 48.0 Å². The minimum absolute atomic E-state index is 0.0543. The summed E-state index contributed by atoms with van der Waals surface area (Å²) in [6.45, 7) is 2.25. The monoisotopic (exact) mass is 558 g/mol. The van der Waals surface area contributed by atoms with Gasteiger partial charge in [0.1, 0.15) is 12.1 Å². The average molecular weight is 559 g/mol. The van der Waals surface area contributed by atoms with Crippen LogP contribution in [-0.4, -0.2) is 67.3 Å². The Morgan fingerprint density at radius 2 is 1.62 bits per heavy atom. The van der Waals surface area contributed by atoms with Gasteiger partial charge in [-0.25, -0.2) is 13.2 Å². The molecule has 1 saturated heterocycles. The molecule has 3 rings (SSSR count). The summed E-state index contributed by atoms with van der Waals surface area (Å²) in [7, 11) is -3.99. The van der Waals surface area contributed by atoms with Crippen LogP contribution in [0.5, 0.6) is 0 Å². The molecule has 2 aromatic carbocycles. The van der Waals surface area contributed by atoms with Crippen molar-refractivity contribution in [2.24, 2.45) is 11.7 Å². The molecule has 11 nitrogen and oxygen atoms in total. The number of hydrogen-bond acceptors (Lipinski definition) is 6. The van der Waals surface area contributed by atoms with E-state index in [0.717, 1.165) is 11.1 Å². The van der Waals surface area contributed by atoms with E-state index in [1.165, 1.54) is 17.0 Å². The number of likely N-dealkylation sites (tertiary alicyclic amines) is 1. The number of piperidine rings is 1. The molecule has 0 aliphatic carbocycles. The molecule has 12 heteroatoms. The number of amides is 3. The maximum atomic E-state index is 13.5. The molecule has 5 N–H and O–H groups in total. The molecule has 0 aromatic heterocycles. The number of carboxylic acid groups (broad SMARTS) is 1. The van der Waals surface area contributed by atoms with E-state index in [4.69, 9.17) is 5.73 Å². The molecule has 0 spiro atoms. The summed E-state index contributed by atoms with van der Waals surface area (Å²) in [5.41, 5.74) is 6.77. The standard InChI is InChI=1S/C27H34N4O7S/c1-18-7-9-21(10-8-18)39(37,38)30-23(17-19-5-3-2-4-6-19)26(34)31-15-13-20(14-16-31)25(33)29-22(27(35)36)11-12-24(28)32/h2-10,20,22-23,30H,11-17H2,1H3,(H2,28,32)(H,29,33)(H,35,36)/t22-,23-/m0/s1. The number of carbonyl (C=O) groups is 4. The fourth-order valence-corrected chi connectivity index (χ4v) is 5.61. The molecule has 210 valence electrons. The fourth-order valence-electron chi connectivity index (χ4n) is 4.42. The van der Waals surface area contributed by atoms with Crippen molar-refractivity contribution in [2.45, 2.75) is 56.0 Å². The molecule has 0 bridgehead atoms. The molecule has 0 radical (unpaired) electrons. The van der Waals surface area contributed by atoms with Crippen molar-refractivity contribution >= 4 is 33.7 Å². The molecule has 0 unspecified atom stereocenters. The van der Waals surface area contributed by atoms with Crippen LogP contribution in [0.1, 0.15) is 36.8 Å². The Labute approximate surface area is 227 Å². The van der Waals surface area contributed by atoms with Gasteiger partial charge >= 0.3 is 5.97 Å². The van der Waals surface area contributed by atoms with Crippen molar-refractivity contribution in [1.82, 2.24) is 14.9 Å². The van der Waals surface area contributed by atoms with Crippen LogP contribution in [-0.2, 0) is 35.6 Å². The van der Waals surface area contributed by atoms with Gasteiger partial charge in [0.15, 0.2) is 0 Å². The van der Waals surface area contributed by atoms with Crippen molar-refractivity contribution < 1.29 is 32.7 Å². The summed E-state index contributed by atoms with van der Waals surface area (Å²) >= 11 is 0. The zero-order valence-corrected chi connectivity index (χ0v) is 22.5. The van der Waals surface area contributed by atoms with Crippen LogP contribution < -0.4 is 15.8 Å². The highest BCUT2D eigenvalue weighted by Gasteiger charge is 2.34. The van der Waals surface area contributed by atoms with Gasteiger partial charge in [0.2, 0.25) is 27.7 Å². The lowest BCUT2D eigenvalue weighted by Gasteiger charge is -2.34. The molecule has 0 saturated carbocycles. The predicted molar refractivity (Wildman–Crippen MR) is 143 cm³/mol. The molecular weight excluding hydrogens is 524 g/mol. The zero-order valence-electron chi connectivity index (χ0n) is 21.7. The van der Waals surface area contributed by atoms with Crippen LogP contribution in [0, 0.1) is 12.8 Å². The highest BCUT2D eigenvalue weighted by Crippen LogP contribution is 2.20. The number of nitrogens with zero attached hydrogens (tertiary/aromatic N) is 1. The summed E-state index contributed by atoms with van der Waals surface area (Å²) in [6, 6.07) is 13.1. The van der Waals surface area contributed by atoms with Crippen molar-refractivity contribution in [2.75, 3.05) is 13.1 Å². The van der Waals surface area contributed by atoms with Gasteiger partial charge in [-0.15, -0.1) is 0 Å². The minimum Gasteiger partial charge on any atom is -0.480 e. The summed E-state index contributed by atoms with van der Waals surface area (Å²) in [4.78, 5) is 50.3. The molecule has 3 amide bonds. The topological polar surface area (TPSA) is 176 Å². The van der Waals surface area contributed by atoms with Gasteiger partial charge in [-0.2, -0.15) is 4.72 Å². The highest BCUT2D eigenvalue weighted by atomic mass is 32.2. The summed E-state index contributed by atoms with van der Waals surface area (Å²) in [6.07, 6.45) is 0.415. The van der Waals surface area contributed by atoms with Gasteiger partial charge in [0.05, 0.1) is 4.90 Å². The van der Waals surface area contributed by atoms with Crippen molar-refractivity contribution in [3.05, 3.63) is 65.7 Å². The Morgan fingerprint density at radius 3 is 2.18 bits per heavy atom. The van der Waals surface area contributed by atoms with Crippen molar-refractivity contribution in [1.29, 1.82) is 0 Å². The fraction of sp³-hybridized carbons (Fsp3) is 0.407. The number of nitrogens with two attached hydrogens (primary N) is 1.